The van der Waals surface area contributed by atoms with Gasteiger partial charge in [0.25, 0.3) is 0 Å². The number of likely N-dealkylation sites (tertiary alicyclic amines) is 2. The van der Waals surface area contributed by atoms with Gasteiger partial charge in [0.15, 0.2) is 0 Å². The minimum Gasteiger partial charge on any atom is -0.298 e. The lowest BCUT2D eigenvalue weighted by Gasteiger charge is -2.57. The maximum Gasteiger partial charge on any atom is 0.149 e. The number of ketones is 1. The number of carbonyl (C=O) groups is 1. The van der Waals surface area contributed by atoms with Crippen LogP contribution in [0.4, 0.5) is 0 Å². The maximum absolute atomic E-state index is 13.9. The molecule has 0 saturated carbocycles. The molecule has 0 radical (unpaired) electrons. The van der Waals surface area contributed by atoms with E-state index in [0.29, 0.717) is 5.78 Å². The predicted octanol–water partition coefficient (Wildman–Crippen LogP) is 5.84. The molecule has 7 nitrogen and oxygen atoms in total. The topological polar surface area (TPSA) is 75.1 Å². The lowest BCUT2D eigenvalue weighted by atomic mass is 9.63. The van der Waals surface area contributed by atoms with Crippen molar-refractivity contribution in [3.8, 4) is 0 Å². The monoisotopic (exact) mass is 536 g/mol. The van der Waals surface area contributed by atoms with Crippen LogP contribution >= 0.6 is 0 Å². The number of piperidine rings is 2. The second-order valence-electron chi connectivity index (χ2n) is 12.9. The van der Waals surface area contributed by atoms with Crippen molar-refractivity contribution < 1.29 is 4.79 Å². The van der Waals surface area contributed by atoms with Crippen molar-refractivity contribution in [1.82, 2.24) is 29.7 Å². The molecule has 0 N–H and O–H groups in total. The van der Waals surface area contributed by atoms with Crippen LogP contribution in [0.2, 0.25) is 0 Å². The molecule has 4 aromatic rings. The number of nitrogens with zero attached hydrogens (tertiary/aromatic N) is 6. The molecule has 2 aromatic carbocycles. The first-order valence-corrected chi connectivity index (χ1v) is 14.4. The predicted molar refractivity (Wildman–Crippen MR) is 159 cm³/mol. The molecule has 0 spiro atoms. The Morgan fingerprint density at radius 1 is 0.600 bits per heavy atom. The smallest absolute Gasteiger partial charge is 0.149 e. The molecule has 2 saturated heterocycles. The van der Waals surface area contributed by atoms with Gasteiger partial charge in [-0.1, -0.05) is 26.0 Å². The van der Waals surface area contributed by atoms with Crippen molar-refractivity contribution in [2.24, 2.45) is 10.8 Å². The third-order valence-electron chi connectivity index (χ3n) is 9.56. The number of aryl methyl sites for hydroxylation is 4. The Labute approximate surface area is 237 Å². The summed E-state index contributed by atoms with van der Waals surface area (Å²) in [5, 5.41) is 0. The lowest BCUT2D eigenvalue weighted by Crippen LogP contribution is -2.68. The summed E-state index contributed by atoms with van der Waals surface area (Å²) in [4.78, 5) is 37.9. The van der Waals surface area contributed by atoms with Crippen LogP contribution in [0.3, 0.4) is 0 Å². The minimum absolute atomic E-state index is 0.175. The molecule has 2 atom stereocenters. The first-order valence-electron chi connectivity index (χ1n) is 14.4. The molecule has 2 unspecified atom stereocenters. The Hall–Kier alpha value is -3.29. The summed E-state index contributed by atoms with van der Waals surface area (Å²) in [5.74, 6) is 0.401. The molecule has 2 bridgehead atoms. The standard InChI is InChI=1S/C33H40N6O/c1-19-21(3)36-29-13-25(9-11-27(29)34-19)23(5)38-15-32(7)17-39(18-33(8,16-38)31(32)40)24(6)26-10-12-28-30(14-26)37-22(4)20(2)35-28/h9-14,23-24H,15-18H2,1-8H3. The van der Waals surface area contributed by atoms with E-state index in [-0.39, 0.29) is 12.1 Å². The highest BCUT2D eigenvalue weighted by Gasteiger charge is 2.56. The van der Waals surface area contributed by atoms with E-state index in [0.717, 1.165) is 71.0 Å². The molecule has 2 aliphatic rings. The van der Waals surface area contributed by atoms with Crippen molar-refractivity contribution in [2.45, 2.75) is 67.5 Å². The van der Waals surface area contributed by atoms with Crippen LogP contribution in [0, 0.1) is 38.5 Å². The Balaban J connectivity index is 1.26. The van der Waals surface area contributed by atoms with Crippen molar-refractivity contribution >= 4 is 27.9 Å². The Morgan fingerprint density at radius 2 is 0.925 bits per heavy atom. The molecule has 2 aliphatic heterocycles. The fourth-order valence-electron chi connectivity index (χ4n) is 7.01. The Bertz CT molecular complexity index is 1530. The zero-order valence-electron chi connectivity index (χ0n) is 25.0. The van der Waals surface area contributed by atoms with Crippen molar-refractivity contribution in [3.63, 3.8) is 0 Å². The molecule has 0 aliphatic carbocycles. The second-order valence-corrected chi connectivity index (χ2v) is 12.9. The van der Waals surface area contributed by atoms with E-state index in [1.807, 2.05) is 27.7 Å². The van der Waals surface area contributed by atoms with Crippen LogP contribution in [-0.2, 0) is 4.79 Å². The van der Waals surface area contributed by atoms with Gasteiger partial charge < -0.3 is 0 Å². The highest BCUT2D eigenvalue weighted by Crippen LogP contribution is 2.46. The molecule has 0 amide bonds. The molecule has 6 rings (SSSR count). The van der Waals surface area contributed by atoms with E-state index >= 15 is 0 Å². The van der Waals surface area contributed by atoms with E-state index in [1.165, 1.54) is 11.1 Å². The number of rotatable bonds is 4. The third-order valence-corrected chi connectivity index (χ3v) is 9.56. The van der Waals surface area contributed by atoms with Crippen LogP contribution in [0.15, 0.2) is 36.4 Å². The summed E-state index contributed by atoms with van der Waals surface area (Å²) < 4.78 is 0. The van der Waals surface area contributed by atoms with Gasteiger partial charge in [-0.3, -0.25) is 14.6 Å². The first kappa shape index (κ1) is 26.9. The molecule has 208 valence electrons. The molecule has 4 heterocycles. The summed E-state index contributed by atoms with van der Waals surface area (Å²) >= 11 is 0. The van der Waals surface area contributed by atoms with Gasteiger partial charge >= 0.3 is 0 Å². The average Bonchev–Trinajstić information content (AvgIpc) is 2.90. The quantitative estimate of drug-likeness (QED) is 0.324. The molecule has 40 heavy (non-hydrogen) atoms. The van der Waals surface area contributed by atoms with Crippen LogP contribution < -0.4 is 0 Å². The lowest BCUT2D eigenvalue weighted by molar-refractivity contribution is -0.161. The summed E-state index contributed by atoms with van der Waals surface area (Å²) in [6, 6.07) is 13.2. The van der Waals surface area contributed by atoms with Crippen molar-refractivity contribution in [2.75, 3.05) is 26.2 Å². The van der Waals surface area contributed by atoms with E-state index in [9.17, 15) is 4.79 Å². The van der Waals surface area contributed by atoms with Gasteiger partial charge in [0, 0.05) is 38.3 Å². The van der Waals surface area contributed by atoms with Crippen molar-refractivity contribution in [3.05, 3.63) is 70.3 Å². The average molecular weight is 537 g/mol. The SMILES string of the molecule is Cc1nc2ccc(C(C)N3CC4(C)CN(C(C)c5ccc6nc(C)c(C)nc6c5)CC(C)(C3)C4=O)cc2nc1C. The number of fused-ring (bicyclic) bond motifs is 4. The number of hydrogen-bond acceptors (Lipinski definition) is 7. The zero-order chi connectivity index (χ0) is 28.6. The van der Waals surface area contributed by atoms with Gasteiger partial charge in [-0.05, 0) is 76.9 Å². The van der Waals surface area contributed by atoms with E-state index in [1.54, 1.807) is 0 Å². The van der Waals surface area contributed by atoms with Gasteiger partial charge in [0.05, 0.1) is 55.7 Å². The number of carbonyl (C=O) groups excluding carboxylic acids is 1. The van der Waals surface area contributed by atoms with E-state index < -0.39 is 10.8 Å². The number of hydrogen-bond donors (Lipinski definition) is 0. The summed E-state index contributed by atoms with van der Waals surface area (Å²) in [6.07, 6.45) is 0. The molecule has 2 fully saturated rings. The minimum atomic E-state index is -0.442. The number of Topliss-reactive ketones (excluding diaryl/α,β-unsaturated/α-hetero) is 1. The van der Waals surface area contributed by atoms with Gasteiger partial charge in [-0.2, -0.15) is 0 Å². The molecular formula is C33H40N6O. The first-order chi connectivity index (χ1) is 18.9. The Morgan fingerprint density at radius 3 is 1.27 bits per heavy atom. The fraction of sp³-hybridized carbons (Fsp3) is 0.485. The summed E-state index contributed by atoms with van der Waals surface area (Å²) in [7, 11) is 0. The molecule has 2 aromatic heterocycles. The zero-order valence-corrected chi connectivity index (χ0v) is 25.0. The number of aromatic nitrogens is 4. The largest absolute Gasteiger partial charge is 0.298 e. The Kier molecular flexibility index (Phi) is 6.31. The summed E-state index contributed by atoms with van der Waals surface area (Å²) in [5.41, 5.74) is 9.15. The van der Waals surface area contributed by atoms with Crippen LogP contribution in [-0.4, -0.2) is 61.7 Å². The van der Waals surface area contributed by atoms with E-state index in [4.69, 9.17) is 19.9 Å². The fourth-order valence-corrected chi connectivity index (χ4v) is 7.01. The van der Waals surface area contributed by atoms with Crippen LogP contribution in [0.1, 0.15) is 73.7 Å². The van der Waals surface area contributed by atoms with Gasteiger partial charge in [-0.25, -0.2) is 19.9 Å². The maximum atomic E-state index is 13.9. The molecular weight excluding hydrogens is 496 g/mol. The van der Waals surface area contributed by atoms with E-state index in [2.05, 4.69) is 73.9 Å². The highest BCUT2D eigenvalue weighted by molar-refractivity contribution is 5.92. The third kappa shape index (κ3) is 4.40. The molecule has 7 heteroatoms. The van der Waals surface area contributed by atoms with Crippen LogP contribution in [0.5, 0.6) is 0 Å². The second kappa shape index (κ2) is 9.38. The normalized spacial score (nSPS) is 25.4. The van der Waals surface area contributed by atoms with Gasteiger partial charge in [0.2, 0.25) is 0 Å². The van der Waals surface area contributed by atoms with Crippen LogP contribution in [0.25, 0.3) is 22.1 Å². The number of benzene rings is 2. The van der Waals surface area contributed by atoms with Gasteiger partial charge in [-0.15, -0.1) is 0 Å². The van der Waals surface area contributed by atoms with Crippen molar-refractivity contribution in [1.29, 1.82) is 0 Å². The summed E-state index contributed by atoms with van der Waals surface area (Å²) in [6.45, 7) is 19.8. The van der Waals surface area contributed by atoms with Gasteiger partial charge in [0.1, 0.15) is 5.78 Å². The highest BCUT2D eigenvalue weighted by atomic mass is 16.1.